The largest absolute Gasteiger partial charge is 0.435 e. The summed E-state index contributed by atoms with van der Waals surface area (Å²) in [4.78, 5) is 0. The van der Waals surface area contributed by atoms with Gasteiger partial charge in [0.05, 0.1) is 0 Å². The normalized spacial score (nSPS) is 13.7. The number of hydrogen-bond donors (Lipinski definition) is 0. The quantitative estimate of drug-likeness (QED) is 0.692. The Labute approximate surface area is 105 Å². The Balaban J connectivity index is 3.28. The van der Waals surface area contributed by atoms with E-state index in [9.17, 15) is 30.7 Å². The van der Waals surface area contributed by atoms with Crippen molar-refractivity contribution >= 4 is 0 Å². The summed E-state index contributed by atoms with van der Waals surface area (Å²) < 4.78 is 88.2. The number of hydrogen-bond acceptors (Lipinski definition) is 0. The molecule has 0 aliphatic rings. The molecule has 108 valence electrons. The third-order valence-electron chi connectivity index (χ3n) is 2.67. The zero-order valence-corrected chi connectivity index (χ0v) is 9.87. The van der Waals surface area contributed by atoms with Crippen molar-refractivity contribution in [3.8, 4) is 0 Å². The first kappa shape index (κ1) is 15.8. The SMILES string of the molecule is CCCc1ccc(C(F)(C(F)(F)F)C(F)(F)F)cc1. The average Bonchev–Trinajstić information content (AvgIpc) is 2.26. The number of halogens is 7. The molecule has 0 unspecified atom stereocenters. The second-order valence-corrected chi connectivity index (χ2v) is 4.10. The highest BCUT2D eigenvalue weighted by Gasteiger charge is 2.73. The summed E-state index contributed by atoms with van der Waals surface area (Å²) in [6.45, 7) is 1.80. The Bertz CT molecular complexity index is 399. The zero-order valence-electron chi connectivity index (χ0n) is 9.87. The maximum atomic E-state index is 13.6. The fourth-order valence-corrected chi connectivity index (χ4v) is 1.68. The van der Waals surface area contributed by atoms with Gasteiger partial charge in [0.1, 0.15) is 0 Å². The van der Waals surface area contributed by atoms with E-state index in [0.29, 0.717) is 30.5 Å². The van der Waals surface area contributed by atoms with Gasteiger partial charge in [-0.05, 0) is 12.0 Å². The molecule has 0 nitrogen and oxygen atoms in total. The van der Waals surface area contributed by atoms with Crippen molar-refractivity contribution in [1.29, 1.82) is 0 Å². The van der Waals surface area contributed by atoms with Crippen LogP contribution in [0.5, 0.6) is 0 Å². The van der Waals surface area contributed by atoms with Crippen LogP contribution >= 0.6 is 0 Å². The molecule has 19 heavy (non-hydrogen) atoms. The van der Waals surface area contributed by atoms with Gasteiger partial charge in [0.15, 0.2) is 0 Å². The van der Waals surface area contributed by atoms with Gasteiger partial charge in [0, 0.05) is 5.56 Å². The predicted molar refractivity (Wildman–Crippen MR) is 55.3 cm³/mol. The van der Waals surface area contributed by atoms with Gasteiger partial charge in [0.25, 0.3) is 0 Å². The minimum Gasteiger partial charge on any atom is -0.218 e. The monoisotopic (exact) mass is 288 g/mol. The first-order valence-corrected chi connectivity index (χ1v) is 5.45. The standard InChI is InChI=1S/C12H11F7/c1-2-3-8-4-6-9(7-5-8)10(13,11(14,15)16)12(17,18)19/h4-7H,2-3H2,1H3. The van der Waals surface area contributed by atoms with Gasteiger partial charge in [0.2, 0.25) is 0 Å². The summed E-state index contributed by atoms with van der Waals surface area (Å²) in [5, 5.41) is 0. The molecular formula is C12H11F7. The minimum absolute atomic E-state index is 0.498. The minimum atomic E-state index is -6.06. The Morgan fingerprint density at radius 1 is 0.789 bits per heavy atom. The highest BCUT2D eigenvalue weighted by Crippen LogP contribution is 2.53. The lowest BCUT2D eigenvalue weighted by atomic mass is 9.93. The predicted octanol–water partition coefficient (Wildman–Crippen LogP) is 4.93. The lowest BCUT2D eigenvalue weighted by molar-refractivity contribution is -0.348. The smallest absolute Gasteiger partial charge is 0.218 e. The van der Waals surface area contributed by atoms with Crippen LogP contribution in [0.3, 0.4) is 0 Å². The van der Waals surface area contributed by atoms with Crippen LogP contribution in [0.25, 0.3) is 0 Å². The summed E-state index contributed by atoms with van der Waals surface area (Å²) >= 11 is 0. The van der Waals surface area contributed by atoms with Crippen molar-refractivity contribution in [2.24, 2.45) is 0 Å². The fourth-order valence-electron chi connectivity index (χ4n) is 1.68. The summed E-state index contributed by atoms with van der Waals surface area (Å²) in [5.74, 6) is 0. The highest BCUT2D eigenvalue weighted by molar-refractivity contribution is 5.30. The average molecular weight is 288 g/mol. The summed E-state index contributed by atoms with van der Waals surface area (Å²) in [6.07, 6.45) is -10.9. The molecule has 0 aromatic heterocycles. The lowest BCUT2D eigenvalue weighted by Crippen LogP contribution is -2.50. The molecule has 0 saturated carbocycles. The zero-order chi connectivity index (χ0) is 14.9. The topological polar surface area (TPSA) is 0 Å². The Hall–Kier alpha value is -1.27. The second kappa shape index (κ2) is 5.02. The first-order valence-electron chi connectivity index (χ1n) is 5.45. The van der Waals surface area contributed by atoms with E-state index in [-0.39, 0.29) is 0 Å². The van der Waals surface area contributed by atoms with Crippen LogP contribution in [0.15, 0.2) is 24.3 Å². The third-order valence-corrected chi connectivity index (χ3v) is 2.67. The van der Waals surface area contributed by atoms with Crippen molar-refractivity contribution in [2.45, 2.75) is 37.8 Å². The third kappa shape index (κ3) is 2.84. The Morgan fingerprint density at radius 2 is 1.21 bits per heavy atom. The molecule has 0 aliphatic carbocycles. The lowest BCUT2D eigenvalue weighted by Gasteiger charge is -2.30. The van der Waals surface area contributed by atoms with E-state index >= 15 is 0 Å². The van der Waals surface area contributed by atoms with Crippen molar-refractivity contribution < 1.29 is 30.7 Å². The second-order valence-electron chi connectivity index (χ2n) is 4.10. The van der Waals surface area contributed by atoms with E-state index in [4.69, 9.17) is 0 Å². The van der Waals surface area contributed by atoms with E-state index in [1.807, 2.05) is 0 Å². The van der Waals surface area contributed by atoms with E-state index in [0.717, 1.165) is 12.1 Å². The Morgan fingerprint density at radius 3 is 1.53 bits per heavy atom. The fraction of sp³-hybridized carbons (Fsp3) is 0.500. The first-order chi connectivity index (χ1) is 8.54. The van der Waals surface area contributed by atoms with E-state index in [1.165, 1.54) is 0 Å². The molecule has 1 aromatic rings. The molecule has 0 saturated heterocycles. The van der Waals surface area contributed by atoms with E-state index in [2.05, 4.69) is 0 Å². The number of rotatable bonds is 3. The van der Waals surface area contributed by atoms with Crippen LogP contribution in [0.1, 0.15) is 24.5 Å². The molecule has 1 aromatic carbocycles. The van der Waals surface area contributed by atoms with Crippen molar-refractivity contribution in [1.82, 2.24) is 0 Å². The molecule has 0 radical (unpaired) electrons. The molecule has 1 rings (SSSR count). The molecule has 0 heterocycles. The maximum Gasteiger partial charge on any atom is 0.435 e. The van der Waals surface area contributed by atoms with Crippen LogP contribution in [0, 0.1) is 0 Å². The number of aryl methyl sites for hydroxylation is 1. The van der Waals surface area contributed by atoms with Crippen LogP contribution in [0.4, 0.5) is 30.7 Å². The van der Waals surface area contributed by atoms with E-state index in [1.54, 1.807) is 6.92 Å². The van der Waals surface area contributed by atoms with Gasteiger partial charge in [-0.15, -0.1) is 0 Å². The molecule has 0 N–H and O–H groups in total. The summed E-state index contributed by atoms with van der Waals surface area (Å²) in [5.41, 5.74) is -6.24. The van der Waals surface area contributed by atoms with Gasteiger partial charge in [-0.25, -0.2) is 4.39 Å². The van der Waals surface area contributed by atoms with Crippen molar-refractivity contribution in [3.63, 3.8) is 0 Å². The number of benzene rings is 1. The Kier molecular flexibility index (Phi) is 4.17. The van der Waals surface area contributed by atoms with Crippen molar-refractivity contribution in [2.75, 3.05) is 0 Å². The van der Waals surface area contributed by atoms with Crippen LogP contribution < -0.4 is 0 Å². The molecule has 0 fully saturated rings. The van der Waals surface area contributed by atoms with Gasteiger partial charge < -0.3 is 0 Å². The van der Waals surface area contributed by atoms with Gasteiger partial charge >= 0.3 is 18.0 Å². The molecule has 0 aliphatic heterocycles. The molecule has 0 bridgehead atoms. The molecule has 0 amide bonds. The van der Waals surface area contributed by atoms with E-state index < -0.39 is 23.6 Å². The van der Waals surface area contributed by atoms with Crippen molar-refractivity contribution in [3.05, 3.63) is 35.4 Å². The van der Waals surface area contributed by atoms with Crippen LogP contribution in [-0.4, -0.2) is 12.4 Å². The summed E-state index contributed by atoms with van der Waals surface area (Å²) in [7, 11) is 0. The van der Waals surface area contributed by atoms with Gasteiger partial charge in [-0.3, -0.25) is 0 Å². The van der Waals surface area contributed by atoms with Gasteiger partial charge in [-0.1, -0.05) is 37.6 Å². The molecule has 0 atom stereocenters. The van der Waals surface area contributed by atoms with Crippen LogP contribution in [0.2, 0.25) is 0 Å². The van der Waals surface area contributed by atoms with Gasteiger partial charge in [-0.2, -0.15) is 26.3 Å². The molecular weight excluding hydrogens is 277 g/mol. The molecule has 0 spiro atoms. The maximum absolute atomic E-state index is 13.6. The summed E-state index contributed by atoms with van der Waals surface area (Å²) in [6, 6.07) is 3.22. The molecule has 7 heteroatoms. The van der Waals surface area contributed by atoms with Crippen LogP contribution in [-0.2, 0) is 12.1 Å². The number of alkyl halides is 7. The highest BCUT2D eigenvalue weighted by atomic mass is 19.4.